The highest BCUT2D eigenvalue weighted by Gasteiger charge is 2.28. The van der Waals surface area contributed by atoms with E-state index in [0.29, 0.717) is 16.9 Å². The van der Waals surface area contributed by atoms with Crippen LogP contribution in [-0.2, 0) is 6.54 Å². The maximum Gasteiger partial charge on any atom is 0.422 e. The number of rotatable bonds is 6. The van der Waals surface area contributed by atoms with E-state index in [1.165, 1.54) is 35.0 Å². The summed E-state index contributed by atoms with van der Waals surface area (Å²) in [5, 5.41) is 6.78. The van der Waals surface area contributed by atoms with Gasteiger partial charge in [-0.05, 0) is 36.8 Å². The lowest BCUT2D eigenvalue weighted by molar-refractivity contribution is -0.153. The molecule has 3 aromatic rings. The van der Waals surface area contributed by atoms with Crippen LogP contribution in [0.1, 0.15) is 21.7 Å². The predicted octanol–water partition coefficient (Wildman–Crippen LogP) is 3.41. The number of aromatic nitrogens is 2. The maximum absolute atomic E-state index is 12.5. The lowest BCUT2D eigenvalue weighted by Gasteiger charge is -2.12. The van der Waals surface area contributed by atoms with Crippen LogP contribution in [0.25, 0.3) is 5.69 Å². The first-order chi connectivity index (χ1) is 14.2. The molecule has 0 fully saturated rings. The number of aryl methyl sites for hydroxylation is 1. The summed E-state index contributed by atoms with van der Waals surface area (Å²) in [6, 6.07) is 16.2. The molecule has 0 radical (unpaired) electrons. The SMILES string of the molecule is Cc1cc(=O)c(C(=O)NCc2ccc(OCC(F)(F)F)cc2)nn1-c1ccccc1. The maximum atomic E-state index is 12.5. The number of benzene rings is 2. The molecular weight excluding hydrogens is 399 g/mol. The van der Waals surface area contributed by atoms with Crippen molar-refractivity contribution < 1.29 is 22.7 Å². The van der Waals surface area contributed by atoms with Gasteiger partial charge in [-0.1, -0.05) is 30.3 Å². The Bertz CT molecular complexity index is 1080. The first-order valence-corrected chi connectivity index (χ1v) is 8.96. The molecule has 1 heterocycles. The van der Waals surface area contributed by atoms with E-state index < -0.39 is 24.1 Å². The molecule has 0 atom stereocenters. The number of alkyl halides is 3. The van der Waals surface area contributed by atoms with Crippen molar-refractivity contribution in [3.63, 3.8) is 0 Å². The molecule has 2 aromatic carbocycles. The largest absolute Gasteiger partial charge is 0.484 e. The lowest BCUT2D eigenvalue weighted by atomic mass is 10.2. The molecule has 0 unspecified atom stereocenters. The highest BCUT2D eigenvalue weighted by atomic mass is 19.4. The summed E-state index contributed by atoms with van der Waals surface area (Å²) < 4.78 is 42.7. The van der Waals surface area contributed by atoms with Gasteiger partial charge in [0, 0.05) is 18.3 Å². The van der Waals surface area contributed by atoms with E-state index in [4.69, 9.17) is 0 Å². The Morgan fingerprint density at radius 2 is 1.77 bits per heavy atom. The van der Waals surface area contributed by atoms with E-state index in [1.807, 2.05) is 18.2 Å². The van der Waals surface area contributed by atoms with Gasteiger partial charge < -0.3 is 10.1 Å². The van der Waals surface area contributed by atoms with Crippen LogP contribution in [0, 0.1) is 6.92 Å². The van der Waals surface area contributed by atoms with E-state index in [2.05, 4.69) is 15.2 Å². The number of halogens is 3. The minimum atomic E-state index is -4.42. The zero-order valence-corrected chi connectivity index (χ0v) is 15.9. The average molecular weight is 417 g/mol. The van der Waals surface area contributed by atoms with Gasteiger partial charge in [0.25, 0.3) is 5.91 Å². The summed E-state index contributed by atoms with van der Waals surface area (Å²) in [5.41, 5.74) is 1.15. The molecule has 0 spiro atoms. The van der Waals surface area contributed by atoms with Crippen molar-refractivity contribution in [2.75, 3.05) is 6.61 Å². The molecule has 30 heavy (non-hydrogen) atoms. The number of carbonyl (C=O) groups is 1. The second-order valence-corrected chi connectivity index (χ2v) is 6.48. The highest BCUT2D eigenvalue weighted by molar-refractivity contribution is 5.92. The van der Waals surface area contributed by atoms with Crippen LogP contribution in [0.4, 0.5) is 13.2 Å². The minimum absolute atomic E-state index is 0.0633. The second-order valence-electron chi connectivity index (χ2n) is 6.48. The van der Waals surface area contributed by atoms with E-state index >= 15 is 0 Å². The second kappa shape index (κ2) is 8.81. The zero-order valence-electron chi connectivity index (χ0n) is 15.9. The van der Waals surface area contributed by atoms with Crippen molar-refractivity contribution in [3.05, 3.63) is 87.8 Å². The quantitative estimate of drug-likeness (QED) is 0.667. The molecule has 3 rings (SSSR count). The van der Waals surface area contributed by atoms with E-state index in [1.54, 1.807) is 19.1 Å². The number of hydrogen-bond donors (Lipinski definition) is 1. The van der Waals surface area contributed by atoms with Crippen molar-refractivity contribution in [2.24, 2.45) is 0 Å². The Kier molecular flexibility index (Phi) is 6.20. The summed E-state index contributed by atoms with van der Waals surface area (Å²) >= 11 is 0. The Balaban J connectivity index is 1.69. The fourth-order valence-corrected chi connectivity index (χ4v) is 2.67. The van der Waals surface area contributed by atoms with Gasteiger partial charge in [0.2, 0.25) is 5.43 Å². The van der Waals surface area contributed by atoms with Gasteiger partial charge in [0.05, 0.1) is 5.69 Å². The van der Waals surface area contributed by atoms with Crippen molar-refractivity contribution in [1.29, 1.82) is 0 Å². The Labute approximate surface area is 169 Å². The molecule has 0 saturated heterocycles. The molecular formula is C21H18F3N3O3. The smallest absolute Gasteiger partial charge is 0.422 e. The Hall–Kier alpha value is -3.62. The van der Waals surface area contributed by atoms with Crippen LogP contribution in [0.3, 0.4) is 0 Å². The predicted molar refractivity (Wildman–Crippen MR) is 104 cm³/mol. The lowest BCUT2D eigenvalue weighted by Crippen LogP contribution is -2.31. The third kappa shape index (κ3) is 5.47. The van der Waals surface area contributed by atoms with E-state index in [0.717, 1.165) is 0 Å². The zero-order chi connectivity index (χ0) is 21.7. The number of carbonyl (C=O) groups excluding carboxylic acids is 1. The first-order valence-electron chi connectivity index (χ1n) is 8.96. The summed E-state index contributed by atoms with van der Waals surface area (Å²) in [4.78, 5) is 24.7. The van der Waals surface area contributed by atoms with Crippen LogP contribution < -0.4 is 15.5 Å². The van der Waals surface area contributed by atoms with Crippen LogP contribution >= 0.6 is 0 Å². The number of nitrogens with one attached hydrogen (secondary N) is 1. The van der Waals surface area contributed by atoms with Gasteiger partial charge in [-0.2, -0.15) is 18.3 Å². The van der Waals surface area contributed by atoms with Crippen LogP contribution in [0.2, 0.25) is 0 Å². The molecule has 0 bridgehead atoms. The van der Waals surface area contributed by atoms with Crippen LogP contribution in [0.15, 0.2) is 65.5 Å². The monoisotopic (exact) mass is 417 g/mol. The van der Waals surface area contributed by atoms with E-state index in [-0.39, 0.29) is 18.0 Å². The molecule has 156 valence electrons. The summed E-state index contributed by atoms with van der Waals surface area (Å²) in [6.07, 6.45) is -4.42. The number of para-hydroxylation sites is 1. The van der Waals surface area contributed by atoms with E-state index in [9.17, 15) is 22.8 Å². The normalized spacial score (nSPS) is 11.2. The van der Waals surface area contributed by atoms with Crippen LogP contribution in [0.5, 0.6) is 5.75 Å². The topological polar surface area (TPSA) is 73.2 Å². The number of hydrogen-bond acceptors (Lipinski definition) is 4. The van der Waals surface area contributed by atoms with Gasteiger partial charge in [0.1, 0.15) is 5.75 Å². The Morgan fingerprint density at radius 1 is 1.10 bits per heavy atom. The molecule has 6 nitrogen and oxygen atoms in total. The number of ether oxygens (including phenoxy) is 1. The minimum Gasteiger partial charge on any atom is -0.484 e. The average Bonchev–Trinajstić information content (AvgIpc) is 2.71. The fourth-order valence-electron chi connectivity index (χ4n) is 2.67. The van der Waals surface area contributed by atoms with Gasteiger partial charge in [-0.25, -0.2) is 4.68 Å². The molecule has 0 aliphatic rings. The Morgan fingerprint density at radius 3 is 2.40 bits per heavy atom. The molecule has 0 saturated carbocycles. The molecule has 1 amide bonds. The molecule has 0 aliphatic heterocycles. The number of amides is 1. The highest BCUT2D eigenvalue weighted by Crippen LogP contribution is 2.18. The summed E-state index contributed by atoms with van der Waals surface area (Å²) in [6.45, 7) is 0.403. The van der Waals surface area contributed by atoms with Crippen LogP contribution in [-0.4, -0.2) is 28.5 Å². The number of nitrogens with zero attached hydrogens (tertiary/aromatic N) is 2. The van der Waals surface area contributed by atoms with Crippen molar-refractivity contribution in [3.8, 4) is 11.4 Å². The van der Waals surface area contributed by atoms with Crippen molar-refractivity contribution in [2.45, 2.75) is 19.6 Å². The first kappa shape index (κ1) is 21.1. The van der Waals surface area contributed by atoms with Crippen molar-refractivity contribution in [1.82, 2.24) is 15.1 Å². The van der Waals surface area contributed by atoms with Gasteiger partial charge in [0.15, 0.2) is 12.3 Å². The summed E-state index contributed by atoms with van der Waals surface area (Å²) in [7, 11) is 0. The van der Waals surface area contributed by atoms with Gasteiger partial charge >= 0.3 is 6.18 Å². The third-order valence-electron chi connectivity index (χ3n) is 4.10. The molecule has 1 N–H and O–H groups in total. The van der Waals surface area contributed by atoms with Crippen molar-refractivity contribution >= 4 is 5.91 Å². The fraction of sp³-hybridized carbons (Fsp3) is 0.190. The van der Waals surface area contributed by atoms with Gasteiger partial charge in [-0.15, -0.1) is 0 Å². The molecule has 9 heteroatoms. The molecule has 1 aromatic heterocycles. The standard InChI is InChI=1S/C21H18F3N3O3/c1-14-11-18(28)19(26-27(14)16-5-3-2-4-6-16)20(29)25-12-15-7-9-17(10-8-15)30-13-21(22,23)24/h2-11H,12-13H2,1H3,(H,25,29). The van der Waals surface area contributed by atoms with Gasteiger partial charge in [-0.3, -0.25) is 9.59 Å². The third-order valence-corrected chi connectivity index (χ3v) is 4.10. The summed E-state index contributed by atoms with van der Waals surface area (Å²) in [5.74, 6) is -0.588. The molecule has 0 aliphatic carbocycles.